The molecule has 2 N–H and O–H groups in total. The minimum absolute atomic E-state index is 0.0586. The molecule has 19 heavy (non-hydrogen) atoms. The van der Waals surface area contributed by atoms with Crippen molar-refractivity contribution in [2.75, 3.05) is 0 Å². The van der Waals surface area contributed by atoms with Gasteiger partial charge in [-0.05, 0) is 43.2 Å². The van der Waals surface area contributed by atoms with Crippen molar-refractivity contribution < 1.29 is 4.74 Å². The second-order valence-electron chi connectivity index (χ2n) is 4.47. The van der Waals surface area contributed by atoms with Crippen LogP contribution in [-0.4, -0.2) is 6.04 Å². The lowest BCUT2D eigenvalue weighted by atomic mass is 10.1. The fraction of sp³-hybridized carbons (Fsp3) is 0.200. The number of ether oxygens (including phenoxy) is 1. The average Bonchev–Trinajstić information content (AvgIpc) is 2.33. The summed E-state index contributed by atoms with van der Waals surface area (Å²) in [5.74, 6) is 1.42. The van der Waals surface area contributed by atoms with Crippen molar-refractivity contribution in [1.29, 1.82) is 0 Å². The Balaban J connectivity index is 2.33. The maximum absolute atomic E-state index is 6.22. The molecule has 1 atom stereocenters. The summed E-state index contributed by atoms with van der Waals surface area (Å²) >= 11 is 9.64. The topological polar surface area (TPSA) is 35.2 Å². The SMILES string of the molecule is CC(N)Cc1cccc(Cl)c1Oc1cccc(Br)c1. The molecule has 0 fully saturated rings. The van der Waals surface area contributed by atoms with Crippen molar-refractivity contribution in [3.05, 3.63) is 57.5 Å². The number of hydrogen-bond acceptors (Lipinski definition) is 2. The van der Waals surface area contributed by atoms with Crippen LogP contribution in [0.2, 0.25) is 5.02 Å². The number of halogens is 2. The summed E-state index contributed by atoms with van der Waals surface area (Å²) in [5, 5.41) is 0.595. The van der Waals surface area contributed by atoms with Crippen molar-refractivity contribution in [2.45, 2.75) is 19.4 Å². The molecule has 0 saturated heterocycles. The molecule has 2 aromatic rings. The van der Waals surface area contributed by atoms with Gasteiger partial charge in [0.25, 0.3) is 0 Å². The first-order valence-corrected chi connectivity index (χ1v) is 7.20. The van der Waals surface area contributed by atoms with Gasteiger partial charge in [0.15, 0.2) is 0 Å². The van der Waals surface area contributed by atoms with Crippen LogP contribution in [0.25, 0.3) is 0 Å². The molecule has 0 radical (unpaired) electrons. The van der Waals surface area contributed by atoms with E-state index in [1.807, 2.05) is 49.4 Å². The lowest BCUT2D eigenvalue weighted by molar-refractivity contribution is 0.474. The normalized spacial score (nSPS) is 12.2. The van der Waals surface area contributed by atoms with Crippen molar-refractivity contribution in [3.63, 3.8) is 0 Å². The van der Waals surface area contributed by atoms with Crippen molar-refractivity contribution in [1.82, 2.24) is 0 Å². The van der Waals surface area contributed by atoms with Crippen LogP contribution in [0.15, 0.2) is 46.9 Å². The fourth-order valence-electron chi connectivity index (χ4n) is 1.82. The molecule has 0 amide bonds. The molecule has 1 unspecified atom stereocenters. The molecule has 100 valence electrons. The lowest BCUT2D eigenvalue weighted by Crippen LogP contribution is -2.18. The summed E-state index contributed by atoms with van der Waals surface area (Å²) in [4.78, 5) is 0. The predicted molar refractivity (Wildman–Crippen MR) is 83.0 cm³/mol. The average molecular weight is 341 g/mol. The first kappa shape index (κ1) is 14.4. The zero-order chi connectivity index (χ0) is 13.8. The minimum Gasteiger partial charge on any atom is -0.455 e. The van der Waals surface area contributed by atoms with Crippen molar-refractivity contribution >= 4 is 27.5 Å². The van der Waals surface area contributed by atoms with Crippen molar-refractivity contribution in [3.8, 4) is 11.5 Å². The highest BCUT2D eigenvalue weighted by molar-refractivity contribution is 9.10. The van der Waals surface area contributed by atoms with Crippen LogP contribution in [0.1, 0.15) is 12.5 Å². The third kappa shape index (κ3) is 3.96. The lowest BCUT2D eigenvalue weighted by Gasteiger charge is -2.14. The molecule has 0 aliphatic carbocycles. The van der Waals surface area contributed by atoms with Crippen LogP contribution in [0, 0.1) is 0 Å². The largest absolute Gasteiger partial charge is 0.455 e. The van der Waals surface area contributed by atoms with E-state index < -0.39 is 0 Å². The van der Waals surface area contributed by atoms with Gasteiger partial charge in [0, 0.05) is 10.5 Å². The van der Waals surface area contributed by atoms with Crippen LogP contribution in [0.4, 0.5) is 0 Å². The van der Waals surface area contributed by atoms with E-state index in [-0.39, 0.29) is 6.04 Å². The molecule has 0 spiro atoms. The molecule has 2 aromatic carbocycles. The van der Waals surface area contributed by atoms with Gasteiger partial charge >= 0.3 is 0 Å². The van der Waals surface area contributed by atoms with E-state index >= 15 is 0 Å². The Kier molecular flexibility index (Phi) is 4.86. The molecule has 2 rings (SSSR count). The molecule has 0 aromatic heterocycles. The van der Waals surface area contributed by atoms with Gasteiger partial charge in [-0.2, -0.15) is 0 Å². The van der Waals surface area contributed by atoms with Gasteiger partial charge in [0.05, 0.1) is 5.02 Å². The molecule has 0 saturated carbocycles. The molecule has 0 aliphatic rings. The number of benzene rings is 2. The fourth-order valence-corrected chi connectivity index (χ4v) is 2.43. The number of para-hydroxylation sites is 1. The quantitative estimate of drug-likeness (QED) is 0.869. The van der Waals surface area contributed by atoms with Crippen molar-refractivity contribution in [2.24, 2.45) is 5.73 Å². The van der Waals surface area contributed by atoms with E-state index in [0.717, 1.165) is 22.2 Å². The Labute approximate surface area is 126 Å². The molecule has 4 heteroatoms. The summed E-state index contributed by atoms with van der Waals surface area (Å²) in [6.07, 6.45) is 0.726. The van der Waals surface area contributed by atoms with Gasteiger partial charge in [-0.3, -0.25) is 0 Å². The monoisotopic (exact) mass is 339 g/mol. The highest BCUT2D eigenvalue weighted by Crippen LogP contribution is 2.34. The standard InChI is InChI=1S/C15H15BrClNO/c1-10(18)8-11-4-2-7-14(17)15(11)19-13-6-3-5-12(16)9-13/h2-7,9-10H,8,18H2,1H3. The Morgan fingerprint density at radius 1 is 1.26 bits per heavy atom. The van der Waals surface area contributed by atoms with Gasteiger partial charge in [0.1, 0.15) is 11.5 Å². The Morgan fingerprint density at radius 3 is 2.68 bits per heavy atom. The van der Waals surface area contributed by atoms with E-state index in [4.69, 9.17) is 22.1 Å². The summed E-state index contributed by atoms with van der Waals surface area (Å²) in [5.41, 5.74) is 6.87. The van der Waals surface area contributed by atoms with E-state index in [2.05, 4.69) is 15.9 Å². The zero-order valence-corrected chi connectivity index (χ0v) is 12.9. The van der Waals surface area contributed by atoms with Crippen LogP contribution in [-0.2, 0) is 6.42 Å². The second-order valence-corrected chi connectivity index (χ2v) is 5.79. The van der Waals surface area contributed by atoms with Gasteiger partial charge in [-0.1, -0.05) is 45.7 Å². The van der Waals surface area contributed by atoms with Crippen LogP contribution >= 0.6 is 27.5 Å². The summed E-state index contributed by atoms with van der Waals surface area (Å²) < 4.78 is 6.87. The first-order valence-electron chi connectivity index (χ1n) is 6.02. The van der Waals surface area contributed by atoms with Gasteiger partial charge in [-0.25, -0.2) is 0 Å². The van der Waals surface area contributed by atoms with Crippen LogP contribution in [0.3, 0.4) is 0 Å². The van der Waals surface area contributed by atoms with Gasteiger partial charge in [-0.15, -0.1) is 0 Å². The Hall–Kier alpha value is -1.03. The summed E-state index contributed by atoms with van der Waals surface area (Å²) in [6.45, 7) is 1.96. The van der Waals surface area contributed by atoms with E-state index in [1.165, 1.54) is 0 Å². The molecular weight excluding hydrogens is 326 g/mol. The molecule has 0 heterocycles. The first-order chi connectivity index (χ1) is 9.06. The molecular formula is C15H15BrClNO. The number of nitrogens with two attached hydrogens (primary N) is 1. The minimum atomic E-state index is 0.0586. The molecule has 0 bridgehead atoms. The molecule has 2 nitrogen and oxygen atoms in total. The smallest absolute Gasteiger partial charge is 0.149 e. The number of hydrogen-bond donors (Lipinski definition) is 1. The third-order valence-corrected chi connectivity index (χ3v) is 3.40. The van der Waals surface area contributed by atoms with E-state index in [9.17, 15) is 0 Å². The van der Waals surface area contributed by atoms with Crippen LogP contribution in [0.5, 0.6) is 11.5 Å². The van der Waals surface area contributed by atoms with Gasteiger partial charge in [0.2, 0.25) is 0 Å². The van der Waals surface area contributed by atoms with Crippen LogP contribution < -0.4 is 10.5 Å². The Morgan fingerprint density at radius 2 is 2.00 bits per heavy atom. The zero-order valence-electron chi connectivity index (χ0n) is 10.6. The highest BCUT2D eigenvalue weighted by atomic mass is 79.9. The van der Waals surface area contributed by atoms with E-state index in [0.29, 0.717) is 10.8 Å². The predicted octanol–water partition coefficient (Wildman–Crippen LogP) is 4.78. The maximum atomic E-state index is 6.22. The summed E-state index contributed by atoms with van der Waals surface area (Å²) in [7, 11) is 0. The van der Waals surface area contributed by atoms with E-state index in [1.54, 1.807) is 0 Å². The third-order valence-electron chi connectivity index (χ3n) is 2.61. The van der Waals surface area contributed by atoms with Gasteiger partial charge < -0.3 is 10.5 Å². The maximum Gasteiger partial charge on any atom is 0.149 e. The second kappa shape index (κ2) is 6.42. The summed E-state index contributed by atoms with van der Waals surface area (Å²) in [6, 6.07) is 13.4. The molecule has 0 aliphatic heterocycles. The Bertz CT molecular complexity index is 572. The highest BCUT2D eigenvalue weighted by Gasteiger charge is 2.11. The number of rotatable bonds is 4.